The van der Waals surface area contributed by atoms with Gasteiger partial charge in [-0.25, -0.2) is 4.68 Å². The lowest BCUT2D eigenvalue weighted by molar-refractivity contribution is -0.120. The molecule has 1 amide bonds. The molecule has 0 bridgehead atoms. The Bertz CT molecular complexity index is 832. The molecule has 2 atom stereocenters. The Morgan fingerprint density at radius 2 is 1.96 bits per heavy atom. The molecule has 0 fully saturated rings. The minimum atomic E-state index is -0.339. The van der Waals surface area contributed by atoms with Crippen LogP contribution in [0.3, 0.4) is 0 Å². The van der Waals surface area contributed by atoms with Gasteiger partial charge in [0.25, 0.3) is 0 Å². The molecule has 0 radical (unpaired) electrons. The molecule has 6 nitrogen and oxygen atoms in total. The molecule has 1 aromatic carbocycles. The second kappa shape index (κ2) is 7.71. The predicted molar refractivity (Wildman–Crippen MR) is 102 cm³/mol. The topological polar surface area (TPSA) is 85.8 Å². The third kappa shape index (κ3) is 4.02. The Morgan fingerprint density at radius 3 is 2.64 bits per heavy atom. The predicted octanol–water partition coefficient (Wildman–Crippen LogP) is 3.08. The largest absolute Gasteiger partial charge is 0.349 e. The van der Waals surface area contributed by atoms with Gasteiger partial charge in [0.05, 0.1) is 16.2 Å². The van der Waals surface area contributed by atoms with Gasteiger partial charge in [0.1, 0.15) is 0 Å². The van der Waals surface area contributed by atoms with Crippen molar-refractivity contribution in [3.8, 4) is 10.7 Å². The summed E-state index contributed by atoms with van der Waals surface area (Å²) >= 11 is 2.83. The maximum absolute atomic E-state index is 12.4. The van der Waals surface area contributed by atoms with Crippen LogP contribution in [-0.4, -0.2) is 26.0 Å². The molecule has 0 saturated carbocycles. The summed E-state index contributed by atoms with van der Waals surface area (Å²) in [7, 11) is 0. The first-order chi connectivity index (χ1) is 12.1. The number of nitrogens with one attached hydrogen (secondary N) is 1. The maximum Gasteiger partial charge on any atom is 0.233 e. The summed E-state index contributed by atoms with van der Waals surface area (Å²) in [6.45, 7) is 3.79. The van der Waals surface area contributed by atoms with E-state index < -0.39 is 0 Å². The summed E-state index contributed by atoms with van der Waals surface area (Å²) in [5.41, 5.74) is 1.06. The molecule has 2 unspecified atom stereocenters. The Labute approximate surface area is 154 Å². The fourth-order valence-electron chi connectivity index (χ4n) is 2.30. The van der Waals surface area contributed by atoms with Crippen molar-refractivity contribution < 1.29 is 4.79 Å². The van der Waals surface area contributed by atoms with Crippen molar-refractivity contribution in [2.45, 2.75) is 30.3 Å². The van der Waals surface area contributed by atoms with E-state index in [0.717, 1.165) is 10.4 Å². The van der Waals surface area contributed by atoms with Crippen molar-refractivity contribution in [2.75, 3.05) is 5.84 Å². The molecule has 0 saturated heterocycles. The lowest BCUT2D eigenvalue weighted by Crippen LogP contribution is -2.33. The van der Waals surface area contributed by atoms with Gasteiger partial charge in [-0.2, -0.15) is 0 Å². The minimum absolute atomic E-state index is 0.0609. The molecule has 8 heteroatoms. The summed E-state index contributed by atoms with van der Waals surface area (Å²) in [6.07, 6.45) is 0. The van der Waals surface area contributed by atoms with E-state index in [1.807, 2.05) is 61.7 Å². The molecule has 3 N–H and O–H groups in total. The normalized spacial score (nSPS) is 13.4. The number of benzene rings is 1. The van der Waals surface area contributed by atoms with Crippen molar-refractivity contribution in [1.29, 1.82) is 0 Å². The molecule has 3 rings (SSSR count). The number of aromatic nitrogens is 3. The number of nitrogen functional groups attached to an aromatic ring is 1. The van der Waals surface area contributed by atoms with Crippen LogP contribution in [0.1, 0.15) is 25.5 Å². The van der Waals surface area contributed by atoms with Crippen LogP contribution in [0.15, 0.2) is 53.0 Å². The van der Waals surface area contributed by atoms with E-state index >= 15 is 0 Å². The summed E-state index contributed by atoms with van der Waals surface area (Å²) in [4.78, 5) is 13.4. The number of amides is 1. The SMILES string of the molecule is CC(Sc1nnc(-c2cccs2)n1N)C(=O)NC(C)c1ccccc1. The van der Waals surface area contributed by atoms with Crippen LogP contribution in [0.4, 0.5) is 0 Å². The highest BCUT2D eigenvalue weighted by atomic mass is 32.2. The molecule has 2 aromatic heterocycles. The summed E-state index contributed by atoms with van der Waals surface area (Å²) < 4.78 is 1.43. The van der Waals surface area contributed by atoms with Crippen LogP contribution in [0, 0.1) is 0 Å². The number of nitrogens with two attached hydrogens (primary N) is 1. The minimum Gasteiger partial charge on any atom is -0.349 e. The van der Waals surface area contributed by atoms with Gasteiger partial charge >= 0.3 is 0 Å². The third-order valence-corrected chi connectivity index (χ3v) is 5.64. The molecule has 130 valence electrons. The molecular formula is C17H19N5OS2. The van der Waals surface area contributed by atoms with Crippen LogP contribution in [0.2, 0.25) is 0 Å². The average Bonchev–Trinajstić information content (AvgIpc) is 3.26. The van der Waals surface area contributed by atoms with Gasteiger partial charge in [-0.1, -0.05) is 48.2 Å². The molecule has 3 aromatic rings. The maximum atomic E-state index is 12.4. The van der Waals surface area contributed by atoms with Gasteiger partial charge < -0.3 is 11.2 Å². The van der Waals surface area contributed by atoms with Crippen LogP contribution >= 0.6 is 23.1 Å². The van der Waals surface area contributed by atoms with Crippen LogP contribution < -0.4 is 11.2 Å². The van der Waals surface area contributed by atoms with Crippen LogP contribution in [0.25, 0.3) is 10.7 Å². The van der Waals surface area contributed by atoms with Crippen molar-refractivity contribution in [3.63, 3.8) is 0 Å². The monoisotopic (exact) mass is 373 g/mol. The van der Waals surface area contributed by atoms with Crippen molar-refractivity contribution in [2.24, 2.45) is 0 Å². The zero-order valence-corrected chi connectivity index (χ0v) is 15.6. The second-order valence-electron chi connectivity index (χ2n) is 5.55. The molecule has 0 aliphatic heterocycles. The quantitative estimate of drug-likeness (QED) is 0.512. The number of hydrogen-bond acceptors (Lipinski definition) is 6. The van der Waals surface area contributed by atoms with Gasteiger partial charge in [0.15, 0.2) is 5.82 Å². The van der Waals surface area contributed by atoms with Crippen LogP contribution in [-0.2, 0) is 4.79 Å². The Morgan fingerprint density at radius 1 is 1.20 bits per heavy atom. The first kappa shape index (κ1) is 17.5. The Balaban J connectivity index is 1.64. The highest BCUT2D eigenvalue weighted by Gasteiger charge is 2.21. The van der Waals surface area contributed by atoms with E-state index in [1.165, 1.54) is 16.4 Å². The molecule has 0 aliphatic carbocycles. The van der Waals surface area contributed by atoms with E-state index in [4.69, 9.17) is 5.84 Å². The Kier molecular flexibility index (Phi) is 5.40. The molecule has 2 heterocycles. The zero-order chi connectivity index (χ0) is 17.8. The third-order valence-electron chi connectivity index (χ3n) is 3.72. The lowest BCUT2D eigenvalue weighted by Gasteiger charge is -2.17. The number of thioether (sulfide) groups is 1. The number of rotatable bonds is 6. The number of carbonyl (C=O) groups excluding carboxylic acids is 1. The molecule has 0 spiro atoms. The highest BCUT2D eigenvalue weighted by Crippen LogP contribution is 2.27. The molecular weight excluding hydrogens is 354 g/mol. The van der Waals surface area contributed by atoms with Crippen molar-refractivity contribution >= 4 is 29.0 Å². The van der Waals surface area contributed by atoms with Crippen molar-refractivity contribution in [1.82, 2.24) is 20.2 Å². The van der Waals surface area contributed by atoms with E-state index in [-0.39, 0.29) is 17.2 Å². The fraction of sp³-hybridized carbons (Fsp3) is 0.235. The summed E-state index contributed by atoms with van der Waals surface area (Å²) in [6, 6.07) is 13.7. The standard InChI is InChI=1S/C17H19N5OS2/c1-11(13-7-4-3-5-8-13)19-16(23)12(2)25-17-21-20-15(22(17)18)14-9-6-10-24-14/h3-12H,18H2,1-2H3,(H,19,23). The fourth-order valence-corrected chi connectivity index (χ4v) is 3.78. The first-order valence-electron chi connectivity index (χ1n) is 7.82. The van der Waals surface area contributed by atoms with Gasteiger partial charge in [0, 0.05) is 0 Å². The smallest absolute Gasteiger partial charge is 0.233 e. The van der Waals surface area contributed by atoms with Crippen LogP contribution in [0.5, 0.6) is 0 Å². The summed E-state index contributed by atoms with van der Waals surface area (Å²) in [5, 5.41) is 13.4. The summed E-state index contributed by atoms with van der Waals surface area (Å²) in [5.74, 6) is 6.61. The van der Waals surface area contributed by atoms with E-state index in [2.05, 4.69) is 15.5 Å². The average molecular weight is 374 g/mol. The van der Waals surface area contributed by atoms with Gasteiger partial charge in [-0.3, -0.25) is 4.79 Å². The molecule has 0 aliphatic rings. The van der Waals surface area contributed by atoms with Gasteiger partial charge in [-0.05, 0) is 30.9 Å². The number of nitrogens with zero attached hydrogens (tertiary/aromatic N) is 3. The second-order valence-corrected chi connectivity index (χ2v) is 7.81. The highest BCUT2D eigenvalue weighted by molar-refractivity contribution is 8.00. The zero-order valence-electron chi connectivity index (χ0n) is 13.9. The molecule has 25 heavy (non-hydrogen) atoms. The van der Waals surface area contributed by atoms with Gasteiger partial charge in [-0.15, -0.1) is 21.5 Å². The van der Waals surface area contributed by atoms with E-state index in [1.54, 1.807) is 11.3 Å². The lowest BCUT2D eigenvalue weighted by atomic mass is 10.1. The van der Waals surface area contributed by atoms with E-state index in [9.17, 15) is 4.79 Å². The van der Waals surface area contributed by atoms with Crippen molar-refractivity contribution in [3.05, 3.63) is 53.4 Å². The number of hydrogen-bond donors (Lipinski definition) is 2. The number of thiophene rings is 1. The van der Waals surface area contributed by atoms with Gasteiger partial charge in [0.2, 0.25) is 11.1 Å². The first-order valence-corrected chi connectivity index (χ1v) is 9.58. The van der Waals surface area contributed by atoms with E-state index in [0.29, 0.717) is 11.0 Å². The number of carbonyl (C=O) groups is 1. The Hall–Kier alpha value is -2.32.